The molecule has 8 nitrogen and oxygen atoms in total. The number of fused-ring (bicyclic) bond motifs is 1. The van der Waals surface area contributed by atoms with Gasteiger partial charge in [0, 0.05) is 18.6 Å². The monoisotopic (exact) mass is 318 g/mol. The highest BCUT2D eigenvalue weighted by Crippen LogP contribution is 2.27. The topological polar surface area (TPSA) is 103 Å². The Labute approximate surface area is 132 Å². The first-order valence-corrected chi connectivity index (χ1v) is 8.01. The average molecular weight is 318 g/mol. The third-order valence-electron chi connectivity index (χ3n) is 4.26. The normalized spacial score (nSPS) is 20.4. The zero-order chi connectivity index (χ0) is 15.6. The van der Waals surface area contributed by atoms with Gasteiger partial charge in [-0.25, -0.2) is 0 Å². The predicted octanol–water partition coefficient (Wildman–Crippen LogP) is 1.72. The lowest BCUT2D eigenvalue weighted by atomic mass is 9.96. The van der Waals surface area contributed by atoms with Gasteiger partial charge in [-0.1, -0.05) is 10.3 Å². The van der Waals surface area contributed by atoms with Crippen LogP contribution in [0.3, 0.4) is 0 Å². The van der Waals surface area contributed by atoms with Gasteiger partial charge in [0.05, 0.1) is 6.54 Å². The van der Waals surface area contributed by atoms with E-state index in [0.717, 1.165) is 56.5 Å². The lowest BCUT2D eigenvalue weighted by Gasteiger charge is -2.08. The molecule has 1 N–H and O–H groups in total. The largest absolute Gasteiger partial charge is 0.368 e. The molecule has 122 valence electrons. The van der Waals surface area contributed by atoms with Crippen molar-refractivity contribution in [2.45, 2.75) is 51.2 Å². The SMILES string of the molecule is O=C(NCc1noc([C@@H]2CCCO2)n1)c1noc2c1CCCC2. The summed E-state index contributed by atoms with van der Waals surface area (Å²) < 4.78 is 15.9. The Morgan fingerprint density at radius 3 is 2.96 bits per heavy atom. The fraction of sp³-hybridized carbons (Fsp3) is 0.600. The molecule has 8 heteroatoms. The Kier molecular flexibility index (Phi) is 3.82. The van der Waals surface area contributed by atoms with Crippen molar-refractivity contribution in [2.75, 3.05) is 6.61 Å². The maximum absolute atomic E-state index is 12.3. The summed E-state index contributed by atoms with van der Waals surface area (Å²) in [5.74, 6) is 1.48. The van der Waals surface area contributed by atoms with Crippen molar-refractivity contribution in [1.29, 1.82) is 0 Å². The second-order valence-corrected chi connectivity index (χ2v) is 5.87. The number of nitrogens with one attached hydrogen (secondary N) is 1. The van der Waals surface area contributed by atoms with Gasteiger partial charge in [-0.05, 0) is 32.1 Å². The first-order chi connectivity index (χ1) is 11.3. The molecule has 3 heterocycles. The number of amides is 1. The van der Waals surface area contributed by atoms with Crippen LogP contribution in [0.4, 0.5) is 0 Å². The van der Waals surface area contributed by atoms with Crippen LogP contribution in [0.5, 0.6) is 0 Å². The zero-order valence-corrected chi connectivity index (χ0v) is 12.7. The van der Waals surface area contributed by atoms with Crippen LogP contribution in [-0.4, -0.2) is 27.8 Å². The fourth-order valence-corrected chi connectivity index (χ4v) is 3.05. The molecule has 0 unspecified atom stereocenters. The summed E-state index contributed by atoms with van der Waals surface area (Å²) in [5, 5.41) is 10.6. The number of carbonyl (C=O) groups is 1. The van der Waals surface area contributed by atoms with Crippen LogP contribution in [0.15, 0.2) is 9.05 Å². The molecule has 1 aliphatic heterocycles. The molecule has 0 bridgehead atoms. The van der Waals surface area contributed by atoms with E-state index < -0.39 is 0 Å². The van der Waals surface area contributed by atoms with Crippen LogP contribution in [0.2, 0.25) is 0 Å². The minimum atomic E-state index is -0.264. The van der Waals surface area contributed by atoms with E-state index in [1.165, 1.54) is 0 Å². The van der Waals surface area contributed by atoms with Crippen LogP contribution < -0.4 is 5.32 Å². The number of aryl methyl sites for hydroxylation is 1. The number of ether oxygens (including phenoxy) is 1. The number of nitrogens with zero attached hydrogens (tertiary/aromatic N) is 3. The van der Waals surface area contributed by atoms with Crippen LogP contribution in [0.25, 0.3) is 0 Å². The van der Waals surface area contributed by atoms with Crippen LogP contribution in [0.1, 0.15) is 65.3 Å². The molecule has 2 aromatic heterocycles. The molecule has 2 aliphatic rings. The van der Waals surface area contributed by atoms with Gasteiger partial charge in [-0.2, -0.15) is 4.98 Å². The van der Waals surface area contributed by atoms with Crippen LogP contribution in [-0.2, 0) is 24.1 Å². The molecule has 1 amide bonds. The van der Waals surface area contributed by atoms with Crippen LogP contribution >= 0.6 is 0 Å². The predicted molar refractivity (Wildman–Crippen MR) is 76.5 cm³/mol. The van der Waals surface area contributed by atoms with E-state index in [1.54, 1.807) is 0 Å². The molecule has 0 radical (unpaired) electrons. The Morgan fingerprint density at radius 1 is 1.17 bits per heavy atom. The molecule has 0 aromatic carbocycles. The third-order valence-corrected chi connectivity index (χ3v) is 4.26. The molecule has 0 saturated carbocycles. The minimum absolute atomic E-state index is 0.116. The molecular weight excluding hydrogens is 300 g/mol. The second kappa shape index (κ2) is 6.11. The molecule has 23 heavy (non-hydrogen) atoms. The summed E-state index contributed by atoms with van der Waals surface area (Å²) in [6.07, 6.45) is 5.60. The highest BCUT2D eigenvalue weighted by Gasteiger charge is 2.25. The van der Waals surface area contributed by atoms with E-state index in [9.17, 15) is 4.79 Å². The molecule has 4 rings (SSSR count). The molecule has 1 fully saturated rings. The Bertz CT molecular complexity index is 702. The van der Waals surface area contributed by atoms with Gasteiger partial charge in [-0.15, -0.1) is 0 Å². The molecule has 0 spiro atoms. The van der Waals surface area contributed by atoms with Gasteiger partial charge < -0.3 is 19.1 Å². The number of carbonyl (C=O) groups excluding carboxylic acids is 1. The summed E-state index contributed by atoms with van der Waals surface area (Å²) in [7, 11) is 0. The van der Waals surface area contributed by atoms with Crippen molar-refractivity contribution in [3.8, 4) is 0 Å². The maximum Gasteiger partial charge on any atom is 0.274 e. The lowest BCUT2D eigenvalue weighted by Crippen LogP contribution is -2.25. The summed E-state index contributed by atoms with van der Waals surface area (Å²) in [5.41, 5.74) is 1.31. The number of aromatic nitrogens is 3. The fourth-order valence-electron chi connectivity index (χ4n) is 3.05. The standard InChI is InChI=1S/C15H18N4O4/c20-14(13-9-4-1-2-5-10(9)22-19-13)16-8-12-17-15(23-18-12)11-6-3-7-21-11/h11H,1-8H2,(H,16,20)/t11-/m0/s1. The number of hydrogen-bond donors (Lipinski definition) is 1. The first-order valence-electron chi connectivity index (χ1n) is 8.01. The minimum Gasteiger partial charge on any atom is -0.368 e. The molecular formula is C15H18N4O4. The quantitative estimate of drug-likeness (QED) is 0.915. The van der Waals surface area contributed by atoms with E-state index in [1.807, 2.05) is 0 Å². The third kappa shape index (κ3) is 2.86. The van der Waals surface area contributed by atoms with Gasteiger partial charge in [0.1, 0.15) is 11.9 Å². The molecule has 1 aliphatic carbocycles. The second-order valence-electron chi connectivity index (χ2n) is 5.87. The van der Waals surface area contributed by atoms with Gasteiger partial charge >= 0.3 is 0 Å². The Balaban J connectivity index is 1.39. The zero-order valence-electron chi connectivity index (χ0n) is 12.7. The van der Waals surface area contributed by atoms with E-state index in [-0.39, 0.29) is 18.6 Å². The maximum atomic E-state index is 12.3. The van der Waals surface area contributed by atoms with Crippen molar-refractivity contribution in [3.05, 3.63) is 28.7 Å². The number of rotatable bonds is 4. The highest BCUT2D eigenvalue weighted by molar-refractivity contribution is 5.93. The molecule has 2 aromatic rings. The lowest BCUT2D eigenvalue weighted by molar-refractivity contribution is 0.0835. The smallest absolute Gasteiger partial charge is 0.274 e. The van der Waals surface area contributed by atoms with Gasteiger partial charge in [0.25, 0.3) is 11.8 Å². The summed E-state index contributed by atoms with van der Waals surface area (Å²) >= 11 is 0. The van der Waals surface area contributed by atoms with Crippen molar-refractivity contribution in [1.82, 2.24) is 20.6 Å². The Hall–Kier alpha value is -2.22. The molecule has 1 atom stereocenters. The number of hydrogen-bond acceptors (Lipinski definition) is 7. The van der Waals surface area contributed by atoms with E-state index in [4.69, 9.17) is 13.8 Å². The van der Waals surface area contributed by atoms with Crippen molar-refractivity contribution in [2.24, 2.45) is 0 Å². The van der Waals surface area contributed by atoms with E-state index in [2.05, 4.69) is 20.6 Å². The Morgan fingerprint density at radius 2 is 2.09 bits per heavy atom. The van der Waals surface area contributed by atoms with E-state index >= 15 is 0 Å². The van der Waals surface area contributed by atoms with Gasteiger partial charge in [-0.3, -0.25) is 4.79 Å². The molecule has 1 saturated heterocycles. The van der Waals surface area contributed by atoms with Gasteiger partial charge in [0.15, 0.2) is 11.5 Å². The van der Waals surface area contributed by atoms with Crippen molar-refractivity contribution >= 4 is 5.91 Å². The summed E-state index contributed by atoms with van der Waals surface area (Å²) in [6.45, 7) is 0.910. The summed E-state index contributed by atoms with van der Waals surface area (Å²) in [6, 6.07) is 0. The summed E-state index contributed by atoms with van der Waals surface area (Å²) in [4.78, 5) is 16.5. The average Bonchev–Trinajstić information content (AvgIpc) is 3.31. The van der Waals surface area contributed by atoms with Crippen molar-refractivity contribution < 1.29 is 18.6 Å². The first kappa shape index (κ1) is 14.4. The highest BCUT2D eigenvalue weighted by atomic mass is 16.5. The van der Waals surface area contributed by atoms with Gasteiger partial charge in [0.2, 0.25) is 0 Å². The van der Waals surface area contributed by atoms with E-state index in [0.29, 0.717) is 17.4 Å². The van der Waals surface area contributed by atoms with Crippen LogP contribution in [0, 0.1) is 0 Å². The van der Waals surface area contributed by atoms with Crippen molar-refractivity contribution in [3.63, 3.8) is 0 Å².